The summed E-state index contributed by atoms with van der Waals surface area (Å²) in [4.78, 5) is 26.8. The van der Waals surface area contributed by atoms with Gasteiger partial charge in [-0.05, 0) is 50.3 Å². The molecule has 6 nitrogen and oxygen atoms in total. The van der Waals surface area contributed by atoms with Gasteiger partial charge in [-0.15, -0.1) is 11.3 Å². The van der Waals surface area contributed by atoms with Gasteiger partial charge in [-0.25, -0.2) is 9.97 Å². The summed E-state index contributed by atoms with van der Waals surface area (Å²) in [6.07, 6.45) is 2.83. The largest absolute Gasteiger partial charge is 0.363 e. The number of hydrogen-bond donors (Lipinski definition) is 1. The van der Waals surface area contributed by atoms with Crippen LogP contribution in [0.15, 0.2) is 35.8 Å². The monoisotopic (exact) mass is 354 g/mol. The molecule has 1 amide bonds. The lowest BCUT2D eigenvalue weighted by Crippen LogP contribution is -2.30. The number of ether oxygens (including phenoxy) is 1. The van der Waals surface area contributed by atoms with Crippen LogP contribution in [-0.2, 0) is 9.53 Å². The van der Waals surface area contributed by atoms with Crippen LogP contribution >= 0.6 is 11.3 Å². The van der Waals surface area contributed by atoms with E-state index in [1.54, 1.807) is 6.20 Å². The fourth-order valence-electron chi connectivity index (χ4n) is 2.92. The van der Waals surface area contributed by atoms with Gasteiger partial charge >= 0.3 is 0 Å². The molecular formula is C18H18N4O2S. The van der Waals surface area contributed by atoms with Crippen molar-refractivity contribution in [2.75, 3.05) is 5.32 Å². The molecule has 4 rings (SSSR count). The molecule has 0 aromatic carbocycles. The Morgan fingerprint density at radius 1 is 1.32 bits per heavy atom. The molecule has 1 fully saturated rings. The number of nitrogens with one attached hydrogen (secondary N) is 1. The van der Waals surface area contributed by atoms with E-state index < -0.39 is 6.10 Å². The summed E-state index contributed by atoms with van der Waals surface area (Å²) in [5.74, 6) is 0.840. The minimum absolute atomic E-state index is 0.163. The summed E-state index contributed by atoms with van der Waals surface area (Å²) in [5, 5.41) is 5.69. The minimum atomic E-state index is -0.447. The molecule has 3 aromatic rings. The van der Waals surface area contributed by atoms with Crippen molar-refractivity contribution in [3.05, 3.63) is 35.8 Å². The molecule has 1 unspecified atom stereocenters. The van der Waals surface area contributed by atoms with E-state index in [9.17, 15) is 4.79 Å². The highest BCUT2D eigenvalue weighted by Gasteiger charge is 2.36. The van der Waals surface area contributed by atoms with Gasteiger partial charge < -0.3 is 10.1 Å². The van der Waals surface area contributed by atoms with Crippen molar-refractivity contribution in [3.8, 4) is 11.5 Å². The zero-order chi connectivity index (χ0) is 17.4. The molecule has 0 saturated carbocycles. The molecule has 1 N–H and O–H groups in total. The first-order valence-corrected chi connectivity index (χ1v) is 9.05. The van der Waals surface area contributed by atoms with Gasteiger partial charge in [0, 0.05) is 6.20 Å². The van der Waals surface area contributed by atoms with E-state index in [0.717, 1.165) is 16.6 Å². The van der Waals surface area contributed by atoms with Crippen LogP contribution in [0, 0.1) is 0 Å². The third-order valence-electron chi connectivity index (χ3n) is 4.22. The van der Waals surface area contributed by atoms with Gasteiger partial charge in [0.15, 0.2) is 5.82 Å². The number of fused-ring (bicyclic) bond motifs is 1. The molecule has 1 saturated heterocycles. The quantitative estimate of drug-likeness (QED) is 0.777. The predicted molar refractivity (Wildman–Crippen MR) is 97.5 cm³/mol. The number of carbonyl (C=O) groups is 1. The lowest BCUT2D eigenvalue weighted by atomic mass is 10.1. The van der Waals surface area contributed by atoms with Crippen molar-refractivity contribution < 1.29 is 9.53 Å². The van der Waals surface area contributed by atoms with Crippen LogP contribution in [0.25, 0.3) is 21.7 Å². The summed E-state index contributed by atoms with van der Waals surface area (Å²) in [7, 11) is 0. The maximum atomic E-state index is 12.6. The standard InChI is InChI=1S/C18H18N4O2S/c1-18(2)8-6-13(24-18)16(23)21-14-11-7-10-25-17(11)22-15(20-14)12-5-3-4-9-19-12/h3-5,7,9-10,13H,6,8H2,1-2H3,(H,20,21,22,23). The normalized spacial score (nSPS) is 19.2. The van der Waals surface area contributed by atoms with E-state index in [2.05, 4.69) is 20.3 Å². The van der Waals surface area contributed by atoms with Gasteiger partial charge in [-0.3, -0.25) is 9.78 Å². The van der Waals surface area contributed by atoms with E-state index >= 15 is 0 Å². The van der Waals surface area contributed by atoms with Crippen LogP contribution in [0.1, 0.15) is 26.7 Å². The van der Waals surface area contributed by atoms with Gasteiger partial charge in [0.1, 0.15) is 22.4 Å². The van der Waals surface area contributed by atoms with Crippen LogP contribution in [-0.4, -0.2) is 32.6 Å². The third-order valence-corrected chi connectivity index (χ3v) is 5.03. The molecule has 1 atom stereocenters. The Morgan fingerprint density at radius 2 is 2.20 bits per heavy atom. The Labute approximate surface area is 149 Å². The van der Waals surface area contributed by atoms with Crippen molar-refractivity contribution in [1.82, 2.24) is 15.0 Å². The smallest absolute Gasteiger partial charge is 0.254 e. The first-order valence-electron chi connectivity index (χ1n) is 8.17. The molecular weight excluding hydrogens is 336 g/mol. The van der Waals surface area contributed by atoms with Gasteiger partial charge in [-0.2, -0.15) is 0 Å². The third kappa shape index (κ3) is 3.25. The van der Waals surface area contributed by atoms with Crippen LogP contribution in [0.3, 0.4) is 0 Å². The average Bonchev–Trinajstić information content (AvgIpc) is 3.21. The highest BCUT2D eigenvalue weighted by Crippen LogP contribution is 2.31. The Kier molecular flexibility index (Phi) is 3.97. The Bertz CT molecular complexity index is 923. The zero-order valence-electron chi connectivity index (χ0n) is 14.0. The molecule has 1 aliphatic rings. The molecule has 0 spiro atoms. The Morgan fingerprint density at radius 3 is 2.92 bits per heavy atom. The molecule has 1 aliphatic heterocycles. The fraction of sp³-hybridized carbons (Fsp3) is 0.333. The first kappa shape index (κ1) is 16.1. The SMILES string of the molecule is CC1(C)CCC(C(=O)Nc2nc(-c3ccccn3)nc3sccc23)O1. The fourth-order valence-corrected chi connectivity index (χ4v) is 3.69. The number of carbonyl (C=O) groups excluding carboxylic acids is 1. The number of thiophene rings is 1. The number of nitrogens with zero attached hydrogens (tertiary/aromatic N) is 3. The van der Waals surface area contributed by atoms with E-state index in [1.165, 1.54) is 11.3 Å². The van der Waals surface area contributed by atoms with Crippen LogP contribution < -0.4 is 5.32 Å². The van der Waals surface area contributed by atoms with Crippen molar-refractivity contribution in [2.45, 2.75) is 38.4 Å². The summed E-state index contributed by atoms with van der Waals surface area (Å²) in [6.45, 7) is 4.00. The van der Waals surface area contributed by atoms with E-state index in [4.69, 9.17) is 4.74 Å². The number of aromatic nitrogens is 3. The summed E-state index contributed by atoms with van der Waals surface area (Å²) in [6, 6.07) is 7.49. The number of pyridine rings is 1. The molecule has 0 bridgehead atoms. The molecule has 7 heteroatoms. The van der Waals surface area contributed by atoms with Crippen LogP contribution in [0.4, 0.5) is 5.82 Å². The topological polar surface area (TPSA) is 77.0 Å². The number of rotatable bonds is 3. The number of hydrogen-bond acceptors (Lipinski definition) is 6. The second-order valence-corrected chi connectivity index (χ2v) is 7.54. The predicted octanol–water partition coefficient (Wildman–Crippen LogP) is 3.65. The molecule has 128 valence electrons. The lowest BCUT2D eigenvalue weighted by molar-refractivity contribution is -0.129. The van der Waals surface area contributed by atoms with E-state index in [0.29, 0.717) is 23.8 Å². The van der Waals surface area contributed by atoms with Gasteiger partial charge in [-0.1, -0.05) is 6.07 Å². The van der Waals surface area contributed by atoms with Crippen molar-refractivity contribution >= 4 is 33.3 Å². The van der Waals surface area contributed by atoms with E-state index in [1.807, 2.05) is 43.5 Å². The first-order chi connectivity index (χ1) is 12.0. The molecule has 3 aromatic heterocycles. The van der Waals surface area contributed by atoms with E-state index in [-0.39, 0.29) is 11.5 Å². The van der Waals surface area contributed by atoms with Gasteiger partial charge in [0.05, 0.1) is 11.0 Å². The summed E-state index contributed by atoms with van der Waals surface area (Å²) in [5.41, 5.74) is 0.413. The Balaban J connectivity index is 1.67. The minimum Gasteiger partial charge on any atom is -0.363 e. The van der Waals surface area contributed by atoms with Crippen LogP contribution in [0.5, 0.6) is 0 Å². The molecule has 0 aliphatic carbocycles. The summed E-state index contributed by atoms with van der Waals surface area (Å²) < 4.78 is 5.83. The molecule has 4 heterocycles. The van der Waals surface area contributed by atoms with Gasteiger partial charge in [0.25, 0.3) is 5.91 Å². The van der Waals surface area contributed by atoms with Crippen molar-refractivity contribution in [1.29, 1.82) is 0 Å². The molecule has 25 heavy (non-hydrogen) atoms. The second-order valence-electron chi connectivity index (χ2n) is 6.64. The number of anilines is 1. The number of amides is 1. The zero-order valence-corrected chi connectivity index (χ0v) is 14.8. The maximum absolute atomic E-state index is 12.6. The average molecular weight is 354 g/mol. The van der Waals surface area contributed by atoms with Gasteiger partial charge in [0.2, 0.25) is 0 Å². The van der Waals surface area contributed by atoms with Crippen LogP contribution in [0.2, 0.25) is 0 Å². The Hall–Kier alpha value is -2.38. The highest BCUT2D eigenvalue weighted by molar-refractivity contribution is 7.16. The van der Waals surface area contributed by atoms with Crippen molar-refractivity contribution in [3.63, 3.8) is 0 Å². The highest BCUT2D eigenvalue weighted by atomic mass is 32.1. The maximum Gasteiger partial charge on any atom is 0.254 e. The van der Waals surface area contributed by atoms with Crippen molar-refractivity contribution in [2.24, 2.45) is 0 Å². The summed E-state index contributed by atoms with van der Waals surface area (Å²) >= 11 is 1.51. The second kappa shape index (κ2) is 6.16. The molecule has 0 radical (unpaired) electrons. The lowest BCUT2D eigenvalue weighted by Gasteiger charge is -2.18.